The molecule has 5 nitrogen and oxygen atoms in total. The zero-order valence-corrected chi connectivity index (χ0v) is 12.9. The number of β-amino-alcohol motifs (C(OH)–C–C–N with tert-alkyl or cyclic N) is 1. The number of likely N-dealkylation sites (tertiary alicyclic amines) is 1. The van der Waals surface area contributed by atoms with Crippen LogP contribution in [0.25, 0.3) is 0 Å². The van der Waals surface area contributed by atoms with E-state index >= 15 is 0 Å². The average Bonchev–Trinajstić information content (AvgIpc) is 3.08. The van der Waals surface area contributed by atoms with Gasteiger partial charge in [0.15, 0.2) is 0 Å². The molecule has 0 bridgehead atoms. The van der Waals surface area contributed by atoms with Crippen LogP contribution in [0.3, 0.4) is 0 Å². The lowest BCUT2D eigenvalue weighted by molar-refractivity contribution is -0.129. The first-order valence-corrected chi connectivity index (χ1v) is 7.64. The van der Waals surface area contributed by atoms with Gasteiger partial charge in [-0.05, 0) is 24.6 Å². The number of nitrogens with zero attached hydrogens (tertiary/aromatic N) is 2. The molecular weight excluding hydrogens is 299 g/mol. The molecule has 1 amide bonds. The van der Waals surface area contributed by atoms with Crippen molar-refractivity contribution < 1.29 is 18.8 Å². The smallest absolute Gasteiger partial charge is 0.227 e. The van der Waals surface area contributed by atoms with Crippen LogP contribution in [0.2, 0.25) is 0 Å². The predicted molar refractivity (Wildman–Crippen MR) is 81.1 cm³/mol. The van der Waals surface area contributed by atoms with Gasteiger partial charge in [-0.15, -0.1) is 0 Å². The molecule has 0 saturated carbocycles. The largest absolute Gasteiger partial charge is 0.391 e. The van der Waals surface area contributed by atoms with Crippen LogP contribution in [0.1, 0.15) is 17.0 Å². The highest BCUT2D eigenvalue weighted by molar-refractivity contribution is 5.79. The Labute approximate surface area is 133 Å². The molecule has 23 heavy (non-hydrogen) atoms. The standard InChI is InChI=1S/C17H19FN2O3/c1-11-6-15(23-19-11)8-13-9-20(10-16(13)21)17(22)7-12-2-4-14(18)5-3-12/h2-6,13,16,21H,7-10H2,1H3/t13-,16-/m1/s1. The molecule has 1 N–H and O–H groups in total. The van der Waals surface area contributed by atoms with Crippen molar-refractivity contribution >= 4 is 5.91 Å². The van der Waals surface area contributed by atoms with Crippen LogP contribution in [0.15, 0.2) is 34.9 Å². The Morgan fingerprint density at radius 2 is 2.13 bits per heavy atom. The molecule has 0 spiro atoms. The van der Waals surface area contributed by atoms with Crippen molar-refractivity contribution in [3.05, 3.63) is 53.2 Å². The number of hydrogen-bond acceptors (Lipinski definition) is 4. The fourth-order valence-electron chi connectivity index (χ4n) is 2.92. The molecule has 1 saturated heterocycles. The third-order valence-corrected chi connectivity index (χ3v) is 4.17. The van der Waals surface area contributed by atoms with Gasteiger partial charge in [-0.1, -0.05) is 17.3 Å². The van der Waals surface area contributed by atoms with E-state index < -0.39 is 6.10 Å². The maximum absolute atomic E-state index is 12.9. The summed E-state index contributed by atoms with van der Waals surface area (Å²) in [5, 5.41) is 14.0. The molecule has 1 fully saturated rings. The van der Waals surface area contributed by atoms with Crippen molar-refractivity contribution in [3.8, 4) is 0 Å². The molecule has 1 aromatic heterocycles. The zero-order valence-electron chi connectivity index (χ0n) is 12.9. The predicted octanol–water partition coefficient (Wildman–Crippen LogP) is 1.73. The van der Waals surface area contributed by atoms with Crippen LogP contribution < -0.4 is 0 Å². The van der Waals surface area contributed by atoms with Crippen LogP contribution in [0, 0.1) is 18.7 Å². The highest BCUT2D eigenvalue weighted by Gasteiger charge is 2.34. The Morgan fingerprint density at radius 1 is 1.39 bits per heavy atom. The number of carbonyl (C=O) groups excluding carboxylic acids is 1. The first kappa shape index (κ1) is 15.7. The first-order chi connectivity index (χ1) is 11.0. The highest BCUT2D eigenvalue weighted by atomic mass is 19.1. The number of carbonyl (C=O) groups is 1. The van der Waals surface area contributed by atoms with E-state index in [4.69, 9.17) is 4.52 Å². The molecule has 2 atom stereocenters. The SMILES string of the molecule is Cc1cc(C[C@@H]2CN(C(=O)Cc3ccc(F)cc3)C[C@H]2O)on1. The average molecular weight is 318 g/mol. The van der Waals surface area contributed by atoms with Crippen molar-refractivity contribution in [2.75, 3.05) is 13.1 Å². The van der Waals surface area contributed by atoms with Gasteiger partial charge in [0.25, 0.3) is 0 Å². The van der Waals surface area contributed by atoms with Crippen LogP contribution in [-0.4, -0.2) is 40.3 Å². The summed E-state index contributed by atoms with van der Waals surface area (Å²) in [4.78, 5) is 14.0. The third-order valence-electron chi connectivity index (χ3n) is 4.17. The molecule has 2 aromatic rings. The Bertz CT molecular complexity index is 683. The van der Waals surface area contributed by atoms with Crippen LogP contribution >= 0.6 is 0 Å². The van der Waals surface area contributed by atoms with E-state index in [9.17, 15) is 14.3 Å². The van der Waals surface area contributed by atoms with Crippen molar-refractivity contribution in [2.24, 2.45) is 5.92 Å². The van der Waals surface area contributed by atoms with Gasteiger partial charge in [0.1, 0.15) is 11.6 Å². The molecule has 6 heteroatoms. The van der Waals surface area contributed by atoms with Gasteiger partial charge < -0.3 is 14.5 Å². The van der Waals surface area contributed by atoms with Gasteiger partial charge in [0.2, 0.25) is 5.91 Å². The number of rotatable bonds is 4. The number of halogens is 1. The normalized spacial score (nSPS) is 20.9. The van der Waals surface area contributed by atoms with Gasteiger partial charge in [0.05, 0.1) is 18.2 Å². The zero-order chi connectivity index (χ0) is 16.4. The molecule has 122 valence electrons. The maximum atomic E-state index is 12.9. The van der Waals surface area contributed by atoms with Crippen molar-refractivity contribution in [1.82, 2.24) is 10.1 Å². The number of hydrogen-bond donors (Lipinski definition) is 1. The summed E-state index contributed by atoms with van der Waals surface area (Å²) in [6, 6.07) is 7.74. The summed E-state index contributed by atoms with van der Waals surface area (Å²) < 4.78 is 18.1. The molecule has 0 radical (unpaired) electrons. The van der Waals surface area contributed by atoms with E-state index in [1.807, 2.05) is 13.0 Å². The summed E-state index contributed by atoms with van der Waals surface area (Å²) >= 11 is 0. The van der Waals surface area contributed by atoms with Gasteiger partial charge in [-0.3, -0.25) is 4.79 Å². The monoisotopic (exact) mass is 318 g/mol. The summed E-state index contributed by atoms with van der Waals surface area (Å²) in [6.07, 6.45) is 0.196. The van der Waals surface area contributed by atoms with E-state index in [0.29, 0.717) is 19.5 Å². The van der Waals surface area contributed by atoms with E-state index in [2.05, 4.69) is 5.16 Å². The molecule has 2 heterocycles. The maximum Gasteiger partial charge on any atom is 0.227 e. The van der Waals surface area contributed by atoms with Crippen LogP contribution in [0.4, 0.5) is 4.39 Å². The lowest BCUT2D eigenvalue weighted by Gasteiger charge is -2.16. The minimum Gasteiger partial charge on any atom is -0.391 e. The Kier molecular flexibility index (Phi) is 4.43. The second-order valence-electron chi connectivity index (χ2n) is 6.07. The molecule has 0 unspecified atom stereocenters. The number of amides is 1. The topological polar surface area (TPSA) is 66.6 Å². The second-order valence-corrected chi connectivity index (χ2v) is 6.07. The summed E-state index contributed by atoms with van der Waals surface area (Å²) in [5.41, 5.74) is 1.57. The van der Waals surface area contributed by atoms with E-state index in [1.54, 1.807) is 17.0 Å². The van der Waals surface area contributed by atoms with Gasteiger partial charge in [0, 0.05) is 31.5 Å². The minimum absolute atomic E-state index is 0.0560. The van der Waals surface area contributed by atoms with Gasteiger partial charge in [-0.25, -0.2) is 4.39 Å². The number of aryl methyl sites for hydroxylation is 1. The van der Waals surface area contributed by atoms with Crippen molar-refractivity contribution in [3.63, 3.8) is 0 Å². The number of benzene rings is 1. The molecule has 1 aliphatic heterocycles. The number of aliphatic hydroxyl groups excluding tert-OH is 1. The number of aliphatic hydroxyl groups is 1. The number of aromatic nitrogens is 1. The highest BCUT2D eigenvalue weighted by Crippen LogP contribution is 2.22. The molecule has 3 rings (SSSR count). The summed E-state index contributed by atoms with van der Waals surface area (Å²) in [6.45, 7) is 2.65. The van der Waals surface area contributed by atoms with E-state index in [1.165, 1.54) is 12.1 Å². The minimum atomic E-state index is -0.572. The van der Waals surface area contributed by atoms with Crippen LogP contribution in [-0.2, 0) is 17.6 Å². The van der Waals surface area contributed by atoms with E-state index in [-0.39, 0.29) is 24.1 Å². The Balaban J connectivity index is 1.58. The fraction of sp³-hybridized carbons (Fsp3) is 0.412. The summed E-state index contributed by atoms with van der Waals surface area (Å²) in [5.74, 6) is 0.283. The van der Waals surface area contributed by atoms with Crippen molar-refractivity contribution in [1.29, 1.82) is 0 Å². The lowest BCUT2D eigenvalue weighted by atomic mass is 10.0. The third kappa shape index (κ3) is 3.76. The quantitative estimate of drug-likeness (QED) is 0.932. The van der Waals surface area contributed by atoms with Gasteiger partial charge in [-0.2, -0.15) is 0 Å². The molecule has 1 aromatic carbocycles. The van der Waals surface area contributed by atoms with E-state index in [0.717, 1.165) is 17.0 Å². The lowest BCUT2D eigenvalue weighted by Crippen LogP contribution is -2.31. The molecule has 1 aliphatic rings. The fourth-order valence-corrected chi connectivity index (χ4v) is 2.92. The Hall–Kier alpha value is -2.21. The summed E-state index contributed by atoms with van der Waals surface area (Å²) in [7, 11) is 0. The first-order valence-electron chi connectivity index (χ1n) is 7.64. The van der Waals surface area contributed by atoms with Crippen LogP contribution in [0.5, 0.6) is 0 Å². The molecule has 0 aliphatic carbocycles. The molecular formula is C17H19FN2O3. The Morgan fingerprint density at radius 3 is 2.78 bits per heavy atom. The second kappa shape index (κ2) is 6.50. The van der Waals surface area contributed by atoms with Gasteiger partial charge >= 0.3 is 0 Å². The van der Waals surface area contributed by atoms with Crippen molar-refractivity contribution in [2.45, 2.75) is 25.9 Å².